The Kier molecular flexibility index (Phi) is 3.27. The minimum atomic E-state index is -0.794. The van der Waals surface area contributed by atoms with Gasteiger partial charge in [0.1, 0.15) is 0 Å². The van der Waals surface area contributed by atoms with Crippen LogP contribution in [0.1, 0.15) is 53.4 Å². The maximum absolute atomic E-state index is 10.9. The van der Waals surface area contributed by atoms with E-state index in [-0.39, 0.29) is 10.8 Å². The summed E-state index contributed by atoms with van der Waals surface area (Å²) in [4.78, 5) is 10.9. The summed E-state index contributed by atoms with van der Waals surface area (Å²) >= 11 is 0. The summed E-state index contributed by atoms with van der Waals surface area (Å²) in [7, 11) is 0. The zero-order valence-corrected chi connectivity index (χ0v) is 10.3. The molecule has 1 N–H and O–H groups in total. The van der Waals surface area contributed by atoms with E-state index >= 15 is 0 Å². The van der Waals surface area contributed by atoms with Crippen LogP contribution in [0.2, 0.25) is 0 Å². The minimum Gasteiger partial charge on any atom is -0.478 e. The molecular formula is C13H22O2. The van der Waals surface area contributed by atoms with E-state index in [1.165, 1.54) is 19.3 Å². The van der Waals surface area contributed by atoms with E-state index in [1.807, 2.05) is 6.08 Å². The second kappa shape index (κ2) is 3.99. The number of carboxylic acids is 1. The van der Waals surface area contributed by atoms with Crippen molar-refractivity contribution in [1.29, 1.82) is 0 Å². The zero-order chi connectivity index (χ0) is 11.7. The quantitative estimate of drug-likeness (QED) is 0.707. The van der Waals surface area contributed by atoms with E-state index < -0.39 is 5.97 Å². The largest absolute Gasteiger partial charge is 0.478 e. The van der Waals surface area contributed by atoms with Gasteiger partial charge in [-0.15, -0.1) is 0 Å². The van der Waals surface area contributed by atoms with E-state index in [1.54, 1.807) is 6.92 Å². The van der Waals surface area contributed by atoms with E-state index in [4.69, 9.17) is 5.11 Å². The lowest BCUT2D eigenvalue weighted by molar-refractivity contribution is -0.132. The number of rotatable bonds is 2. The van der Waals surface area contributed by atoms with Crippen LogP contribution in [0.15, 0.2) is 11.6 Å². The molecule has 0 spiro atoms. The van der Waals surface area contributed by atoms with E-state index in [0.717, 1.165) is 6.42 Å². The first-order chi connectivity index (χ1) is 6.78. The summed E-state index contributed by atoms with van der Waals surface area (Å²) in [5, 5.41) is 8.93. The van der Waals surface area contributed by atoms with Crippen molar-refractivity contribution >= 4 is 5.97 Å². The monoisotopic (exact) mass is 210 g/mol. The van der Waals surface area contributed by atoms with Crippen LogP contribution in [-0.4, -0.2) is 11.1 Å². The second-order valence-corrected chi connectivity index (χ2v) is 5.64. The fraction of sp³-hybridized carbons (Fsp3) is 0.769. The molecule has 2 heteroatoms. The topological polar surface area (TPSA) is 37.3 Å². The van der Waals surface area contributed by atoms with Gasteiger partial charge in [-0.1, -0.05) is 39.7 Å². The van der Waals surface area contributed by atoms with Crippen molar-refractivity contribution in [3.8, 4) is 0 Å². The second-order valence-electron chi connectivity index (χ2n) is 5.64. The first-order valence-corrected chi connectivity index (χ1v) is 5.71. The standard InChI is InChI=1S/C13H22O2/c1-10(11(14)15)9-13(4)8-6-5-7-12(13,2)3/h9H,5-8H2,1-4H3,(H,14,15). The van der Waals surface area contributed by atoms with E-state index in [0.29, 0.717) is 5.57 Å². The Bertz CT molecular complexity index is 289. The molecule has 1 aliphatic rings. The first kappa shape index (κ1) is 12.3. The van der Waals surface area contributed by atoms with Gasteiger partial charge in [0, 0.05) is 5.57 Å². The van der Waals surface area contributed by atoms with Crippen molar-refractivity contribution in [2.24, 2.45) is 10.8 Å². The molecule has 0 amide bonds. The summed E-state index contributed by atoms with van der Waals surface area (Å²) in [6.07, 6.45) is 6.73. The average molecular weight is 210 g/mol. The molecule has 86 valence electrons. The van der Waals surface area contributed by atoms with Gasteiger partial charge in [0.05, 0.1) is 0 Å². The highest BCUT2D eigenvalue weighted by Crippen LogP contribution is 2.51. The fourth-order valence-corrected chi connectivity index (χ4v) is 2.49. The van der Waals surface area contributed by atoms with Crippen molar-refractivity contribution in [2.45, 2.75) is 53.4 Å². The van der Waals surface area contributed by atoms with Crippen LogP contribution in [0, 0.1) is 10.8 Å². The lowest BCUT2D eigenvalue weighted by Gasteiger charge is -2.46. The third kappa shape index (κ3) is 2.42. The maximum Gasteiger partial charge on any atom is 0.330 e. The number of hydrogen-bond donors (Lipinski definition) is 1. The van der Waals surface area contributed by atoms with Crippen LogP contribution in [0.5, 0.6) is 0 Å². The lowest BCUT2D eigenvalue weighted by Crippen LogP contribution is -2.37. The zero-order valence-electron chi connectivity index (χ0n) is 10.3. The molecule has 1 unspecified atom stereocenters. The van der Waals surface area contributed by atoms with Crippen molar-refractivity contribution in [1.82, 2.24) is 0 Å². The molecule has 0 aromatic heterocycles. The van der Waals surface area contributed by atoms with Crippen LogP contribution in [0.4, 0.5) is 0 Å². The summed E-state index contributed by atoms with van der Waals surface area (Å²) < 4.78 is 0. The van der Waals surface area contributed by atoms with E-state index in [9.17, 15) is 4.79 Å². The molecule has 2 nitrogen and oxygen atoms in total. The molecule has 1 saturated carbocycles. The average Bonchev–Trinajstić information content (AvgIpc) is 2.10. The Morgan fingerprint density at radius 1 is 1.20 bits per heavy atom. The molecule has 1 atom stereocenters. The van der Waals surface area contributed by atoms with E-state index in [2.05, 4.69) is 20.8 Å². The van der Waals surface area contributed by atoms with Gasteiger partial charge in [0.25, 0.3) is 0 Å². The highest BCUT2D eigenvalue weighted by Gasteiger charge is 2.41. The highest BCUT2D eigenvalue weighted by molar-refractivity contribution is 5.85. The molecule has 1 rings (SSSR count). The van der Waals surface area contributed by atoms with Gasteiger partial charge in [0.2, 0.25) is 0 Å². The predicted octanol–water partition coefficient (Wildman–Crippen LogP) is 3.62. The SMILES string of the molecule is CC(=CC1(C)CCCCC1(C)C)C(=O)O. The third-order valence-corrected chi connectivity index (χ3v) is 4.17. The van der Waals surface area contributed by atoms with Crippen LogP contribution in [-0.2, 0) is 4.79 Å². The fourth-order valence-electron chi connectivity index (χ4n) is 2.49. The first-order valence-electron chi connectivity index (χ1n) is 5.71. The van der Waals surface area contributed by atoms with Gasteiger partial charge in [-0.05, 0) is 30.6 Å². The molecular weight excluding hydrogens is 188 g/mol. The number of carbonyl (C=O) groups is 1. The molecule has 0 bridgehead atoms. The van der Waals surface area contributed by atoms with Gasteiger partial charge in [0.15, 0.2) is 0 Å². The van der Waals surface area contributed by atoms with Crippen LogP contribution >= 0.6 is 0 Å². The van der Waals surface area contributed by atoms with Gasteiger partial charge >= 0.3 is 5.97 Å². The molecule has 1 aliphatic carbocycles. The Balaban J connectivity index is 2.98. The Labute approximate surface area is 92.4 Å². The summed E-state index contributed by atoms with van der Waals surface area (Å²) in [5.74, 6) is -0.794. The molecule has 1 fully saturated rings. The predicted molar refractivity (Wildman–Crippen MR) is 61.7 cm³/mol. The van der Waals surface area contributed by atoms with Gasteiger partial charge in [-0.2, -0.15) is 0 Å². The Hall–Kier alpha value is -0.790. The van der Waals surface area contributed by atoms with Crippen molar-refractivity contribution in [2.75, 3.05) is 0 Å². The van der Waals surface area contributed by atoms with Crippen molar-refractivity contribution in [3.63, 3.8) is 0 Å². The van der Waals surface area contributed by atoms with Gasteiger partial charge in [-0.25, -0.2) is 4.79 Å². The molecule has 0 saturated heterocycles. The van der Waals surface area contributed by atoms with Crippen LogP contribution in [0.3, 0.4) is 0 Å². The lowest BCUT2D eigenvalue weighted by atomic mass is 9.58. The maximum atomic E-state index is 10.9. The molecule has 0 radical (unpaired) electrons. The molecule has 0 aliphatic heterocycles. The third-order valence-electron chi connectivity index (χ3n) is 4.17. The highest BCUT2D eigenvalue weighted by atomic mass is 16.4. The number of aliphatic carboxylic acids is 1. The van der Waals surface area contributed by atoms with Gasteiger partial charge in [-0.3, -0.25) is 0 Å². The Morgan fingerprint density at radius 3 is 2.20 bits per heavy atom. The summed E-state index contributed by atoms with van der Waals surface area (Å²) in [5.41, 5.74) is 0.725. The molecule has 15 heavy (non-hydrogen) atoms. The Morgan fingerprint density at radius 2 is 1.73 bits per heavy atom. The summed E-state index contributed by atoms with van der Waals surface area (Å²) in [6.45, 7) is 8.38. The van der Waals surface area contributed by atoms with Crippen molar-refractivity contribution < 1.29 is 9.90 Å². The number of carboxylic acid groups (broad SMARTS) is 1. The molecule has 0 heterocycles. The summed E-state index contributed by atoms with van der Waals surface area (Å²) in [6, 6.07) is 0. The van der Waals surface area contributed by atoms with Crippen LogP contribution < -0.4 is 0 Å². The number of allylic oxidation sites excluding steroid dienone is 1. The minimum absolute atomic E-state index is 0.0354. The van der Waals surface area contributed by atoms with Gasteiger partial charge < -0.3 is 5.11 Å². The smallest absolute Gasteiger partial charge is 0.330 e. The van der Waals surface area contributed by atoms with Crippen molar-refractivity contribution in [3.05, 3.63) is 11.6 Å². The normalized spacial score (nSPS) is 31.3. The molecule has 0 aromatic rings. The van der Waals surface area contributed by atoms with Crippen LogP contribution in [0.25, 0.3) is 0 Å². The molecule has 0 aromatic carbocycles. The number of hydrogen-bond acceptors (Lipinski definition) is 1.